The lowest BCUT2D eigenvalue weighted by molar-refractivity contribution is -0.250. The van der Waals surface area contributed by atoms with Gasteiger partial charge < -0.3 is 23.7 Å². The lowest BCUT2D eigenvalue weighted by Gasteiger charge is -2.43. The zero-order valence-corrected chi connectivity index (χ0v) is 17.7. The minimum atomic E-state index is -1.24. The lowest BCUT2D eigenvalue weighted by atomic mass is 9.97. The van der Waals surface area contributed by atoms with Gasteiger partial charge in [0.1, 0.15) is 12.7 Å². The average Bonchev–Trinajstić information content (AvgIpc) is 2.68. The molecule has 1 aromatic rings. The Morgan fingerprint density at radius 3 is 1.94 bits per heavy atom. The number of aliphatic imine (C=N–C) groups is 1. The topological polar surface area (TPSA) is 127 Å². The summed E-state index contributed by atoms with van der Waals surface area (Å²) in [4.78, 5) is 50.8. The largest absolute Gasteiger partial charge is 0.463 e. The Bertz CT molecular complexity index is 823. The SMILES string of the molecule is CC(=O)OC[C@H]1O[C@@H](/N=C/c2ccccc2)[C@H](OC(C)=O)[C@@H](OC(C)=O)[C@H]1OC(C)=O. The van der Waals surface area contributed by atoms with Crippen LogP contribution in [0, 0.1) is 0 Å². The number of hydrogen-bond acceptors (Lipinski definition) is 10. The first-order valence-electron chi connectivity index (χ1n) is 9.56. The van der Waals surface area contributed by atoms with Crippen molar-refractivity contribution in [2.24, 2.45) is 4.99 Å². The Kier molecular flexibility index (Phi) is 8.68. The standard InChI is InChI=1S/C21H25NO9/c1-12(23)27-11-17-18(28-13(2)24)19(29-14(3)25)20(30-15(4)26)21(31-17)22-10-16-8-6-5-7-9-16/h5-10,17-21H,11H2,1-4H3/b22-10+/t17-,18+,19+,20-,21-/m1/s1. The molecule has 0 amide bonds. The van der Waals surface area contributed by atoms with E-state index in [9.17, 15) is 19.2 Å². The van der Waals surface area contributed by atoms with E-state index in [-0.39, 0.29) is 6.61 Å². The molecule has 0 radical (unpaired) electrons. The predicted octanol–water partition coefficient (Wildman–Crippen LogP) is 1.19. The first kappa shape index (κ1) is 24.0. The van der Waals surface area contributed by atoms with Gasteiger partial charge in [0.2, 0.25) is 0 Å². The highest BCUT2D eigenvalue weighted by Crippen LogP contribution is 2.30. The minimum absolute atomic E-state index is 0.296. The molecule has 168 valence electrons. The second-order valence-corrected chi connectivity index (χ2v) is 6.78. The number of carbonyl (C=O) groups is 4. The van der Waals surface area contributed by atoms with Gasteiger partial charge in [-0.05, 0) is 5.56 Å². The number of ether oxygens (including phenoxy) is 5. The van der Waals surface area contributed by atoms with Crippen LogP contribution in [0.15, 0.2) is 35.3 Å². The predicted molar refractivity (Wildman–Crippen MR) is 106 cm³/mol. The van der Waals surface area contributed by atoms with E-state index in [1.54, 1.807) is 12.1 Å². The fourth-order valence-electron chi connectivity index (χ4n) is 3.02. The summed E-state index contributed by atoms with van der Waals surface area (Å²) in [6, 6.07) is 9.07. The average molecular weight is 435 g/mol. The van der Waals surface area contributed by atoms with Crippen molar-refractivity contribution in [3.8, 4) is 0 Å². The van der Waals surface area contributed by atoms with Gasteiger partial charge in [0.25, 0.3) is 0 Å². The third-order valence-electron chi connectivity index (χ3n) is 4.14. The Balaban J connectivity index is 2.43. The van der Waals surface area contributed by atoms with Crippen molar-refractivity contribution in [1.29, 1.82) is 0 Å². The van der Waals surface area contributed by atoms with Crippen molar-refractivity contribution in [1.82, 2.24) is 0 Å². The second-order valence-electron chi connectivity index (χ2n) is 6.78. The van der Waals surface area contributed by atoms with E-state index in [4.69, 9.17) is 23.7 Å². The van der Waals surface area contributed by atoms with Crippen molar-refractivity contribution in [2.75, 3.05) is 6.61 Å². The molecule has 1 aliphatic heterocycles. The van der Waals surface area contributed by atoms with Crippen LogP contribution >= 0.6 is 0 Å². The van der Waals surface area contributed by atoms with Crippen LogP contribution in [-0.2, 0) is 42.9 Å². The van der Waals surface area contributed by atoms with E-state index >= 15 is 0 Å². The maximum absolute atomic E-state index is 11.8. The van der Waals surface area contributed by atoms with Gasteiger partial charge >= 0.3 is 23.9 Å². The summed E-state index contributed by atoms with van der Waals surface area (Å²) in [7, 11) is 0. The molecular weight excluding hydrogens is 410 g/mol. The van der Waals surface area contributed by atoms with Crippen LogP contribution in [0.3, 0.4) is 0 Å². The van der Waals surface area contributed by atoms with E-state index in [1.807, 2.05) is 18.2 Å². The smallest absolute Gasteiger partial charge is 0.303 e. The Hall–Kier alpha value is -3.27. The molecule has 1 aromatic carbocycles. The van der Waals surface area contributed by atoms with E-state index in [2.05, 4.69) is 4.99 Å². The summed E-state index contributed by atoms with van der Waals surface area (Å²) in [5.74, 6) is -2.64. The van der Waals surface area contributed by atoms with Crippen molar-refractivity contribution >= 4 is 30.1 Å². The Morgan fingerprint density at radius 2 is 1.39 bits per heavy atom. The summed E-state index contributed by atoms with van der Waals surface area (Å²) in [5.41, 5.74) is 0.746. The zero-order valence-electron chi connectivity index (χ0n) is 17.7. The highest BCUT2D eigenvalue weighted by atomic mass is 16.7. The van der Waals surface area contributed by atoms with Crippen LogP contribution in [0.1, 0.15) is 33.3 Å². The molecule has 1 fully saturated rings. The van der Waals surface area contributed by atoms with Gasteiger partial charge in [-0.25, -0.2) is 0 Å². The highest BCUT2D eigenvalue weighted by Gasteiger charge is 2.52. The van der Waals surface area contributed by atoms with E-state index in [0.717, 1.165) is 19.4 Å². The van der Waals surface area contributed by atoms with Crippen LogP contribution < -0.4 is 0 Å². The molecule has 0 spiro atoms. The number of rotatable bonds is 7. The molecule has 2 rings (SSSR count). The quantitative estimate of drug-likeness (QED) is 0.352. The zero-order chi connectivity index (χ0) is 23.0. The van der Waals surface area contributed by atoms with Gasteiger partial charge in [-0.3, -0.25) is 24.2 Å². The highest BCUT2D eigenvalue weighted by molar-refractivity contribution is 5.79. The van der Waals surface area contributed by atoms with Crippen LogP contribution in [-0.4, -0.2) is 67.3 Å². The van der Waals surface area contributed by atoms with Gasteiger partial charge in [0, 0.05) is 33.9 Å². The third kappa shape index (κ3) is 7.49. The van der Waals surface area contributed by atoms with Gasteiger partial charge in [-0.1, -0.05) is 30.3 Å². The number of carbonyl (C=O) groups excluding carboxylic acids is 4. The molecule has 0 aliphatic carbocycles. The summed E-state index contributed by atoms with van der Waals surface area (Å²) < 4.78 is 26.9. The van der Waals surface area contributed by atoms with Crippen molar-refractivity contribution in [3.63, 3.8) is 0 Å². The van der Waals surface area contributed by atoms with Crippen molar-refractivity contribution < 1.29 is 42.9 Å². The second kappa shape index (κ2) is 11.2. The molecule has 10 nitrogen and oxygen atoms in total. The molecule has 10 heteroatoms. The monoisotopic (exact) mass is 435 g/mol. The maximum atomic E-state index is 11.8. The molecule has 1 aliphatic rings. The molecular formula is C21H25NO9. The molecule has 0 aromatic heterocycles. The van der Waals surface area contributed by atoms with Gasteiger partial charge in [0.15, 0.2) is 24.5 Å². The molecule has 31 heavy (non-hydrogen) atoms. The fourth-order valence-corrected chi connectivity index (χ4v) is 3.02. The fraction of sp³-hybridized carbons (Fsp3) is 0.476. The molecule has 0 saturated carbocycles. The van der Waals surface area contributed by atoms with E-state index < -0.39 is 54.5 Å². The number of hydrogen-bond donors (Lipinski definition) is 0. The van der Waals surface area contributed by atoms with Gasteiger partial charge in [0.05, 0.1) is 0 Å². The molecule has 5 atom stereocenters. The normalized spacial score (nSPS) is 25.5. The minimum Gasteiger partial charge on any atom is -0.463 e. The number of benzene rings is 1. The Morgan fingerprint density at radius 1 is 0.839 bits per heavy atom. The van der Waals surface area contributed by atoms with Crippen LogP contribution in [0.5, 0.6) is 0 Å². The summed E-state index contributed by atoms with van der Waals surface area (Å²) in [5, 5.41) is 0. The number of esters is 4. The molecule has 0 bridgehead atoms. The van der Waals surface area contributed by atoms with Crippen molar-refractivity contribution in [3.05, 3.63) is 35.9 Å². The molecule has 0 unspecified atom stereocenters. The first-order valence-corrected chi connectivity index (χ1v) is 9.56. The van der Waals surface area contributed by atoms with Crippen LogP contribution in [0.4, 0.5) is 0 Å². The van der Waals surface area contributed by atoms with Gasteiger partial charge in [-0.2, -0.15) is 0 Å². The number of nitrogens with zero attached hydrogens (tertiary/aromatic N) is 1. The summed E-state index contributed by atoms with van der Waals surface area (Å²) >= 11 is 0. The summed E-state index contributed by atoms with van der Waals surface area (Å²) in [6.45, 7) is 4.41. The van der Waals surface area contributed by atoms with E-state index in [1.165, 1.54) is 20.1 Å². The summed E-state index contributed by atoms with van der Waals surface area (Å²) in [6.07, 6.45) is -4.30. The van der Waals surface area contributed by atoms with Crippen LogP contribution in [0.25, 0.3) is 0 Å². The lowest BCUT2D eigenvalue weighted by Crippen LogP contribution is -2.62. The van der Waals surface area contributed by atoms with Crippen molar-refractivity contribution in [2.45, 2.75) is 58.3 Å². The molecule has 1 saturated heterocycles. The van der Waals surface area contributed by atoms with Crippen LogP contribution in [0.2, 0.25) is 0 Å². The molecule has 0 N–H and O–H groups in total. The van der Waals surface area contributed by atoms with E-state index in [0.29, 0.717) is 0 Å². The van der Waals surface area contributed by atoms with Gasteiger partial charge in [-0.15, -0.1) is 0 Å². The molecule has 1 heterocycles. The first-order chi connectivity index (χ1) is 14.7. The maximum Gasteiger partial charge on any atom is 0.303 e. The third-order valence-corrected chi connectivity index (χ3v) is 4.14. The Labute approximate surface area is 179 Å².